The zero-order valence-corrected chi connectivity index (χ0v) is 15.0. The molecule has 4 heteroatoms. The summed E-state index contributed by atoms with van der Waals surface area (Å²) in [5.41, 5.74) is 4.74. The van der Waals surface area contributed by atoms with Gasteiger partial charge in [-0.2, -0.15) is 0 Å². The second kappa shape index (κ2) is 7.75. The number of hydrogen-bond donors (Lipinski definition) is 1. The van der Waals surface area contributed by atoms with Crippen molar-refractivity contribution in [1.29, 1.82) is 0 Å². The van der Waals surface area contributed by atoms with Crippen LogP contribution in [-0.4, -0.2) is 43.5 Å². The Morgan fingerprint density at radius 2 is 1.77 bits per heavy atom. The van der Waals surface area contributed by atoms with E-state index in [2.05, 4.69) is 69.7 Å². The monoisotopic (exact) mass is 347 g/mol. The number of aryl methyl sites for hydroxylation is 1. The topological polar surface area (TPSA) is 35.6 Å². The van der Waals surface area contributed by atoms with Gasteiger partial charge in [0, 0.05) is 50.5 Å². The normalized spacial score (nSPS) is 18.0. The van der Waals surface area contributed by atoms with Crippen LogP contribution in [0.5, 0.6) is 0 Å². The van der Waals surface area contributed by atoms with Crippen LogP contribution in [0.2, 0.25) is 0 Å². The number of benzene rings is 2. The van der Waals surface area contributed by atoms with Gasteiger partial charge in [0.25, 0.3) is 0 Å². The average Bonchev–Trinajstić information content (AvgIpc) is 2.69. The number of amides is 1. The minimum atomic E-state index is 0.121. The molecule has 0 atom stereocenters. The van der Waals surface area contributed by atoms with Crippen molar-refractivity contribution < 1.29 is 4.79 Å². The molecule has 4 nitrogen and oxygen atoms in total. The van der Waals surface area contributed by atoms with E-state index < -0.39 is 0 Å². The van der Waals surface area contributed by atoms with Gasteiger partial charge in [0.1, 0.15) is 0 Å². The summed E-state index contributed by atoms with van der Waals surface area (Å²) in [5.74, 6) is 0.121. The number of hydrogen-bond acceptors (Lipinski definition) is 3. The van der Waals surface area contributed by atoms with Crippen molar-refractivity contribution >= 4 is 23.4 Å². The summed E-state index contributed by atoms with van der Waals surface area (Å²) < 4.78 is 0. The third-order valence-electron chi connectivity index (χ3n) is 5.19. The zero-order valence-electron chi connectivity index (χ0n) is 15.0. The van der Waals surface area contributed by atoms with Gasteiger partial charge in [0.2, 0.25) is 5.91 Å². The summed E-state index contributed by atoms with van der Waals surface area (Å²) in [6.45, 7) is 5.33. The first-order valence-corrected chi connectivity index (χ1v) is 9.39. The van der Waals surface area contributed by atoms with Crippen LogP contribution in [0.25, 0.3) is 6.08 Å². The Balaban J connectivity index is 1.29. The van der Waals surface area contributed by atoms with Crippen LogP contribution < -0.4 is 10.2 Å². The minimum Gasteiger partial charge on any atom is -0.369 e. The van der Waals surface area contributed by atoms with E-state index in [0.717, 1.165) is 44.8 Å². The molecule has 0 bridgehead atoms. The Bertz CT molecular complexity index is 792. The predicted octanol–water partition coefficient (Wildman–Crippen LogP) is 3.41. The molecule has 0 unspecified atom stereocenters. The number of piperazine rings is 1. The lowest BCUT2D eigenvalue weighted by Crippen LogP contribution is -2.46. The minimum absolute atomic E-state index is 0.121. The first kappa shape index (κ1) is 16.9. The Morgan fingerprint density at radius 3 is 2.58 bits per heavy atom. The first-order chi connectivity index (χ1) is 12.8. The fraction of sp³-hybridized carbons (Fsp3) is 0.318. The predicted molar refractivity (Wildman–Crippen MR) is 108 cm³/mol. The lowest BCUT2D eigenvalue weighted by atomic mass is 10.0. The third kappa shape index (κ3) is 3.97. The second-order valence-electron chi connectivity index (χ2n) is 6.99. The molecule has 0 aromatic heterocycles. The fourth-order valence-corrected chi connectivity index (χ4v) is 3.67. The highest BCUT2D eigenvalue weighted by Crippen LogP contribution is 2.24. The lowest BCUT2D eigenvalue weighted by Gasteiger charge is -2.35. The Morgan fingerprint density at radius 1 is 0.962 bits per heavy atom. The maximum atomic E-state index is 11.4. The van der Waals surface area contributed by atoms with E-state index in [1.165, 1.54) is 16.8 Å². The van der Waals surface area contributed by atoms with Crippen LogP contribution >= 0.6 is 0 Å². The van der Waals surface area contributed by atoms with Crippen molar-refractivity contribution in [3.05, 3.63) is 65.7 Å². The molecule has 4 rings (SSSR count). The fourth-order valence-electron chi connectivity index (χ4n) is 3.67. The summed E-state index contributed by atoms with van der Waals surface area (Å²) in [4.78, 5) is 16.4. The molecule has 2 heterocycles. The van der Waals surface area contributed by atoms with Gasteiger partial charge in [-0.1, -0.05) is 36.4 Å². The maximum Gasteiger partial charge on any atom is 0.224 e. The number of nitrogens with zero attached hydrogens (tertiary/aromatic N) is 2. The van der Waals surface area contributed by atoms with Gasteiger partial charge in [-0.15, -0.1) is 0 Å². The Kier molecular flexibility index (Phi) is 5.02. The molecule has 2 aliphatic rings. The molecule has 0 spiro atoms. The summed E-state index contributed by atoms with van der Waals surface area (Å²) in [6, 6.07) is 16.9. The van der Waals surface area contributed by atoms with Crippen molar-refractivity contribution in [2.45, 2.75) is 12.8 Å². The molecule has 0 aliphatic carbocycles. The molecule has 2 aliphatic heterocycles. The lowest BCUT2D eigenvalue weighted by molar-refractivity contribution is -0.116. The van der Waals surface area contributed by atoms with Gasteiger partial charge in [-0.25, -0.2) is 0 Å². The highest BCUT2D eigenvalue weighted by molar-refractivity contribution is 5.94. The van der Waals surface area contributed by atoms with Crippen LogP contribution in [-0.2, 0) is 11.2 Å². The van der Waals surface area contributed by atoms with Gasteiger partial charge < -0.3 is 10.2 Å². The second-order valence-corrected chi connectivity index (χ2v) is 6.99. The van der Waals surface area contributed by atoms with Gasteiger partial charge in [0.05, 0.1) is 0 Å². The number of carbonyl (C=O) groups is 1. The molecule has 2 aromatic carbocycles. The number of anilines is 2. The summed E-state index contributed by atoms with van der Waals surface area (Å²) in [6.07, 6.45) is 5.87. The molecule has 1 saturated heterocycles. The van der Waals surface area contributed by atoms with Crippen LogP contribution in [0.15, 0.2) is 54.6 Å². The number of carbonyl (C=O) groups excluding carboxylic acids is 1. The Hall–Kier alpha value is -2.59. The molecule has 1 fully saturated rings. The van der Waals surface area contributed by atoms with Gasteiger partial charge >= 0.3 is 0 Å². The van der Waals surface area contributed by atoms with Gasteiger partial charge in [0.15, 0.2) is 0 Å². The SMILES string of the molecule is O=C1CCc2cc(/C=C/CN3CCN(c4ccccc4)CC3)ccc2N1. The average molecular weight is 347 g/mol. The zero-order chi connectivity index (χ0) is 17.8. The molecule has 0 saturated carbocycles. The van der Waals surface area contributed by atoms with E-state index in [1.807, 2.05) is 6.07 Å². The van der Waals surface area contributed by atoms with Crippen molar-refractivity contribution in [3.63, 3.8) is 0 Å². The third-order valence-corrected chi connectivity index (χ3v) is 5.19. The molecule has 1 amide bonds. The van der Waals surface area contributed by atoms with E-state index in [4.69, 9.17) is 0 Å². The van der Waals surface area contributed by atoms with Gasteiger partial charge in [-0.05, 0) is 41.8 Å². The number of fused-ring (bicyclic) bond motifs is 1. The van der Waals surface area contributed by atoms with E-state index in [0.29, 0.717) is 6.42 Å². The van der Waals surface area contributed by atoms with Crippen molar-refractivity contribution in [2.24, 2.45) is 0 Å². The van der Waals surface area contributed by atoms with E-state index in [-0.39, 0.29) is 5.91 Å². The van der Waals surface area contributed by atoms with Gasteiger partial charge in [-0.3, -0.25) is 9.69 Å². The number of rotatable bonds is 4. The first-order valence-electron chi connectivity index (χ1n) is 9.39. The standard InChI is InChI=1S/C22H25N3O/c26-22-11-9-19-17-18(8-10-21(19)23-22)5-4-12-24-13-15-25(16-14-24)20-6-2-1-3-7-20/h1-8,10,17H,9,11-16H2,(H,23,26)/b5-4+. The van der Waals surface area contributed by atoms with Crippen molar-refractivity contribution in [3.8, 4) is 0 Å². The molecule has 0 radical (unpaired) electrons. The molecule has 1 N–H and O–H groups in total. The summed E-state index contributed by atoms with van der Waals surface area (Å²) >= 11 is 0. The molecular formula is C22H25N3O. The van der Waals surface area contributed by atoms with E-state index in [1.54, 1.807) is 0 Å². The molecule has 2 aromatic rings. The number of para-hydroxylation sites is 1. The van der Waals surface area contributed by atoms with E-state index in [9.17, 15) is 4.79 Å². The maximum absolute atomic E-state index is 11.4. The summed E-state index contributed by atoms with van der Waals surface area (Å²) in [7, 11) is 0. The largest absolute Gasteiger partial charge is 0.369 e. The highest BCUT2D eigenvalue weighted by Gasteiger charge is 2.16. The highest BCUT2D eigenvalue weighted by atomic mass is 16.1. The number of nitrogens with one attached hydrogen (secondary N) is 1. The smallest absolute Gasteiger partial charge is 0.224 e. The van der Waals surface area contributed by atoms with Crippen molar-refractivity contribution in [1.82, 2.24) is 4.90 Å². The Labute approximate surface area is 155 Å². The molecule has 26 heavy (non-hydrogen) atoms. The van der Waals surface area contributed by atoms with Crippen LogP contribution in [0.3, 0.4) is 0 Å². The molecular weight excluding hydrogens is 322 g/mol. The van der Waals surface area contributed by atoms with Crippen LogP contribution in [0.1, 0.15) is 17.5 Å². The van der Waals surface area contributed by atoms with Crippen molar-refractivity contribution in [2.75, 3.05) is 42.9 Å². The molecule has 134 valence electrons. The van der Waals surface area contributed by atoms with Crippen LogP contribution in [0, 0.1) is 0 Å². The van der Waals surface area contributed by atoms with E-state index >= 15 is 0 Å². The quantitative estimate of drug-likeness (QED) is 0.921. The summed E-state index contributed by atoms with van der Waals surface area (Å²) in [5, 5.41) is 2.94. The van der Waals surface area contributed by atoms with Crippen LogP contribution in [0.4, 0.5) is 11.4 Å².